The summed E-state index contributed by atoms with van der Waals surface area (Å²) >= 11 is 0. The molecule has 1 heterocycles. The van der Waals surface area contributed by atoms with Gasteiger partial charge in [0.25, 0.3) is 0 Å². The minimum absolute atomic E-state index is 0.387. The zero-order valence-corrected chi connectivity index (χ0v) is 11.6. The molecule has 2 aromatic rings. The van der Waals surface area contributed by atoms with Crippen LogP contribution in [0.4, 0.5) is 0 Å². The molecule has 1 aliphatic rings. The van der Waals surface area contributed by atoms with E-state index < -0.39 is 5.72 Å². The summed E-state index contributed by atoms with van der Waals surface area (Å²) < 4.78 is 0. The van der Waals surface area contributed by atoms with E-state index in [1.807, 2.05) is 37.3 Å². The second-order valence-electron chi connectivity index (χ2n) is 4.99. The number of hydrogen-bond donors (Lipinski definition) is 1. The lowest BCUT2D eigenvalue weighted by Gasteiger charge is -2.22. The van der Waals surface area contributed by atoms with Gasteiger partial charge in [-0.2, -0.15) is 0 Å². The van der Waals surface area contributed by atoms with Crippen molar-refractivity contribution in [3.63, 3.8) is 0 Å². The van der Waals surface area contributed by atoms with Crippen molar-refractivity contribution < 1.29 is 4.84 Å². The van der Waals surface area contributed by atoms with Crippen LogP contribution in [0.5, 0.6) is 0 Å². The fraction of sp³-hybridized carbons (Fsp3) is 0.188. The van der Waals surface area contributed by atoms with Gasteiger partial charge in [-0.15, -0.1) is 0 Å². The molecule has 4 heteroatoms. The molecule has 1 aliphatic heterocycles. The molecule has 0 aromatic heterocycles. The summed E-state index contributed by atoms with van der Waals surface area (Å²) in [5.41, 5.74) is 8.31. The highest BCUT2D eigenvalue weighted by molar-refractivity contribution is 5.78. The van der Waals surface area contributed by atoms with Gasteiger partial charge in [-0.05, 0) is 24.1 Å². The molecule has 102 valence electrons. The van der Waals surface area contributed by atoms with E-state index in [4.69, 9.17) is 10.6 Å². The average Bonchev–Trinajstić information content (AvgIpc) is 2.74. The normalized spacial score (nSPS) is 21.9. The van der Waals surface area contributed by atoms with E-state index >= 15 is 0 Å². The first-order valence-electron chi connectivity index (χ1n) is 6.53. The molecule has 0 aliphatic carbocycles. The smallest absolute Gasteiger partial charge is 0.218 e. The summed E-state index contributed by atoms with van der Waals surface area (Å²) in [7, 11) is 1.76. The Bertz CT molecular complexity index is 654. The summed E-state index contributed by atoms with van der Waals surface area (Å²) in [5.74, 6) is 0.387. The maximum atomic E-state index is 5.79. The molecule has 2 N–H and O–H groups in total. The monoisotopic (exact) mass is 267 g/mol. The second kappa shape index (κ2) is 4.65. The summed E-state index contributed by atoms with van der Waals surface area (Å²) in [5, 5.41) is 1.50. The van der Waals surface area contributed by atoms with E-state index in [1.54, 1.807) is 7.05 Å². The zero-order valence-electron chi connectivity index (χ0n) is 11.6. The zero-order chi connectivity index (χ0) is 14.2. The highest BCUT2D eigenvalue weighted by atomic mass is 16.7. The number of nitrogens with two attached hydrogens (primary N) is 1. The van der Waals surface area contributed by atoms with Gasteiger partial charge in [0.15, 0.2) is 0 Å². The molecule has 0 saturated carbocycles. The maximum absolute atomic E-state index is 5.79. The largest absolute Gasteiger partial charge is 0.368 e. The summed E-state index contributed by atoms with van der Waals surface area (Å²) in [6, 6.07) is 18.4. The van der Waals surface area contributed by atoms with Crippen molar-refractivity contribution in [3.05, 3.63) is 60.2 Å². The molecule has 0 amide bonds. The van der Waals surface area contributed by atoms with E-state index in [0.717, 1.165) is 11.1 Å². The Morgan fingerprint density at radius 1 is 1.05 bits per heavy atom. The van der Waals surface area contributed by atoms with Crippen molar-refractivity contribution in [1.29, 1.82) is 0 Å². The number of aliphatic imine (C=N–C) groups is 1. The van der Waals surface area contributed by atoms with Crippen LogP contribution < -0.4 is 5.73 Å². The Labute approximate surface area is 118 Å². The topological polar surface area (TPSA) is 50.8 Å². The molecule has 20 heavy (non-hydrogen) atoms. The molecule has 0 saturated heterocycles. The van der Waals surface area contributed by atoms with E-state index in [0.29, 0.717) is 5.96 Å². The van der Waals surface area contributed by atoms with Gasteiger partial charge in [-0.3, -0.25) is 0 Å². The molecular weight excluding hydrogens is 250 g/mol. The molecule has 0 fully saturated rings. The van der Waals surface area contributed by atoms with Gasteiger partial charge in [0.1, 0.15) is 0 Å². The van der Waals surface area contributed by atoms with Crippen LogP contribution in [0, 0.1) is 0 Å². The van der Waals surface area contributed by atoms with Gasteiger partial charge in [-0.25, -0.2) is 14.9 Å². The minimum atomic E-state index is -0.760. The van der Waals surface area contributed by atoms with Gasteiger partial charge in [0.05, 0.1) is 0 Å². The Kier molecular flexibility index (Phi) is 2.95. The predicted molar refractivity (Wildman–Crippen MR) is 79.7 cm³/mol. The lowest BCUT2D eigenvalue weighted by atomic mass is 9.98. The molecule has 3 rings (SSSR count). The molecule has 0 radical (unpaired) electrons. The molecule has 4 nitrogen and oxygen atoms in total. The molecule has 1 unspecified atom stereocenters. The van der Waals surface area contributed by atoms with Crippen molar-refractivity contribution in [2.24, 2.45) is 10.7 Å². The van der Waals surface area contributed by atoms with Crippen LogP contribution >= 0.6 is 0 Å². The lowest BCUT2D eigenvalue weighted by Crippen LogP contribution is -2.30. The first-order chi connectivity index (χ1) is 9.58. The van der Waals surface area contributed by atoms with Crippen LogP contribution in [0.25, 0.3) is 11.1 Å². The number of hydrogen-bond acceptors (Lipinski definition) is 4. The first-order valence-corrected chi connectivity index (χ1v) is 6.53. The van der Waals surface area contributed by atoms with Crippen LogP contribution in [-0.2, 0) is 10.6 Å². The Balaban J connectivity index is 2.01. The van der Waals surface area contributed by atoms with Crippen molar-refractivity contribution >= 4 is 5.96 Å². The third-order valence-electron chi connectivity index (χ3n) is 3.47. The van der Waals surface area contributed by atoms with Crippen LogP contribution in [0.15, 0.2) is 59.6 Å². The second-order valence-corrected chi connectivity index (χ2v) is 4.99. The number of rotatable bonds is 2. The molecule has 2 aromatic carbocycles. The quantitative estimate of drug-likeness (QED) is 0.910. The molecule has 0 bridgehead atoms. The van der Waals surface area contributed by atoms with Crippen LogP contribution in [0.1, 0.15) is 12.5 Å². The van der Waals surface area contributed by atoms with Crippen molar-refractivity contribution in [2.75, 3.05) is 7.05 Å². The molecule has 0 spiro atoms. The SMILES string of the molecule is CN1OC(C)(c2cccc(-c3ccccc3)c2)N=C1N. The van der Waals surface area contributed by atoms with E-state index in [2.05, 4.69) is 29.3 Å². The first kappa shape index (κ1) is 12.7. The van der Waals surface area contributed by atoms with E-state index in [-0.39, 0.29) is 0 Å². The van der Waals surface area contributed by atoms with Gasteiger partial charge in [0, 0.05) is 12.6 Å². The van der Waals surface area contributed by atoms with E-state index in [1.165, 1.54) is 10.6 Å². The number of hydroxylamine groups is 2. The Morgan fingerprint density at radius 2 is 1.75 bits per heavy atom. The highest BCUT2D eigenvalue weighted by Gasteiger charge is 2.36. The fourth-order valence-corrected chi connectivity index (χ4v) is 2.36. The van der Waals surface area contributed by atoms with Crippen molar-refractivity contribution in [1.82, 2.24) is 5.06 Å². The van der Waals surface area contributed by atoms with Crippen LogP contribution in [-0.4, -0.2) is 18.1 Å². The van der Waals surface area contributed by atoms with Gasteiger partial charge in [-0.1, -0.05) is 48.5 Å². The fourth-order valence-electron chi connectivity index (χ4n) is 2.36. The van der Waals surface area contributed by atoms with Gasteiger partial charge >= 0.3 is 0 Å². The lowest BCUT2D eigenvalue weighted by molar-refractivity contribution is -0.163. The summed E-state index contributed by atoms with van der Waals surface area (Å²) in [6.07, 6.45) is 0. The number of benzene rings is 2. The average molecular weight is 267 g/mol. The third-order valence-corrected chi connectivity index (χ3v) is 3.47. The van der Waals surface area contributed by atoms with Crippen molar-refractivity contribution in [2.45, 2.75) is 12.6 Å². The third kappa shape index (κ3) is 2.14. The van der Waals surface area contributed by atoms with Crippen molar-refractivity contribution in [3.8, 4) is 11.1 Å². The predicted octanol–water partition coefficient (Wildman–Crippen LogP) is 2.72. The molecular formula is C16H17N3O. The standard InChI is InChI=1S/C16H17N3O/c1-16(18-15(17)19(2)20-16)14-10-6-9-13(11-14)12-7-4-3-5-8-12/h3-11H,1-2H3,(H2,17,18). The van der Waals surface area contributed by atoms with Crippen LogP contribution in [0.3, 0.4) is 0 Å². The minimum Gasteiger partial charge on any atom is -0.368 e. The highest BCUT2D eigenvalue weighted by Crippen LogP contribution is 2.34. The summed E-state index contributed by atoms with van der Waals surface area (Å²) in [6.45, 7) is 1.91. The van der Waals surface area contributed by atoms with E-state index in [9.17, 15) is 0 Å². The Morgan fingerprint density at radius 3 is 2.40 bits per heavy atom. The number of guanidine groups is 1. The Hall–Kier alpha value is -2.33. The molecule has 1 atom stereocenters. The summed E-state index contributed by atoms with van der Waals surface area (Å²) in [4.78, 5) is 10.1. The van der Waals surface area contributed by atoms with Crippen LogP contribution in [0.2, 0.25) is 0 Å². The number of nitrogens with zero attached hydrogens (tertiary/aromatic N) is 2. The van der Waals surface area contributed by atoms with Gasteiger partial charge < -0.3 is 5.73 Å². The maximum Gasteiger partial charge on any atom is 0.218 e. The van der Waals surface area contributed by atoms with Gasteiger partial charge in [0.2, 0.25) is 11.7 Å².